The zero-order valence-electron chi connectivity index (χ0n) is 40.5. The number of para-hydroxylation sites is 1. The van der Waals surface area contributed by atoms with Crippen LogP contribution in [0.3, 0.4) is 0 Å². The minimum atomic E-state index is -1.86. The van der Waals surface area contributed by atoms with Crippen LogP contribution in [-0.2, 0) is 70.4 Å². The van der Waals surface area contributed by atoms with Gasteiger partial charge in [0, 0.05) is 62.8 Å². The van der Waals surface area contributed by atoms with Gasteiger partial charge in [-0.3, -0.25) is 57.5 Å². The SMILES string of the molecule is CCC(C)C1NC(=O)[C@H](Cc2ccc(O)cc2)NC(=O)CCC(=O)NC[C@@H](C(=O)N(C)CC(=O)N[C@@H](Cc2c[nH]c3ccccc23)C(=O)NCC(N)=O)NC(=O)[C@H](CC(N)=O)NC(=O)[C@H](CCC(N)=O)NC1=O. The van der Waals surface area contributed by atoms with Gasteiger partial charge in [0.1, 0.15) is 42.0 Å². The van der Waals surface area contributed by atoms with Crippen molar-refractivity contribution in [3.8, 4) is 5.75 Å². The second-order valence-electron chi connectivity index (χ2n) is 17.6. The van der Waals surface area contributed by atoms with Gasteiger partial charge in [0.2, 0.25) is 70.9 Å². The molecule has 0 bridgehead atoms. The summed E-state index contributed by atoms with van der Waals surface area (Å²) in [7, 11) is 1.16. The van der Waals surface area contributed by atoms with Crippen molar-refractivity contribution in [2.45, 2.75) is 101 Å². The number of aromatic hydroxyl groups is 1. The maximum absolute atomic E-state index is 14.2. The molecule has 0 saturated carbocycles. The maximum Gasteiger partial charge on any atom is 0.247 e. The van der Waals surface area contributed by atoms with Crippen LogP contribution in [0.4, 0.5) is 0 Å². The van der Waals surface area contributed by atoms with E-state index in [1.54, 1.807) is 44.3 Å². The summed E-state index contributed by atoms with van der Waals surface area (Å²) >= 11 is 0. The number of hydrogen-bond donors (Lipinski definition) is 13. The van der Waals surface area contributed by atoms with Gasteiger partial charge in [-0.1, -0.05) is 50.6 Å². The number of benzene rings is 2. The zero-order valence-corrected chi connectivity index (χ0v) is 40.5. The van der Waals surface area contributed by atoms with Crippen LogP contribution in [0.25, 0.3) is 10.9 Å². The van der Waals surface area contributed by atoms with Crippen LogP contribution >= 0.6 is 0 Å². The second kappa shape index (κ2) is 27.1. The van der Waals surface area contributed by atoms with E-state index in [2.05, 4.69) is 47.5 Å². The van der Waals surface area contributed by atoms with Crippen LogP contribution in [0.5, 0.6) is 5.75 Å². The highest BCUT2D eigenvalue weighted by molar-refractivity contribution is 5.99. The van der Waals surface area contributed by atoms with E-state index in [9.17, 15) is 62.6 Å². The molecule has 1 aliphatic rings. The Balaban J connectivity index is 1.66. The van der Waals surface area contributed by atoms with Crippen LogP contribution in [0, 0.1) is 5.92 Å². The number of H-pyrrole nitrogens is 1. The zero-order chi connectivity index (χ0) is 53.9. The lowest BCUT2D eigenvalue weighted by Crippen LogP contribution is -2.61. The number of amides is 12. The molecule has 0 spiro atoms. The number of carbonyl (C=O) groups excluding carboxylic acids is 12. The van der Waals surface area contributed by atoms with Gasteiger partial charge in [0.15, 0.2) is 0 Å². The van der Waals surface area contributed by atoms with Crippen LogP contribution in [0.2, 0.25) is 0 Å². The minimum absolute atomic E-state index is 0.0727. The van der Waals surface area contributed by atoms with Crippen LogP contribution in [-0.4, -0.2) is 149 Å². The molecule has 1 fully saturated rings. The van der Waals surface area contributed by atoms with Crippen LogP contribution < -0.4 is 59.7 Å². The summed E-state index contributed by atoms with van der Waals surface area (Å²) in [6.45, 7) is 1.33. The molecule has 2 unspecified atom stereocenters. The molecule has 1 aromatic heterocycles. The van der Waals surface area contributed by atoms with E-state index >= 15 is 0 Å². The number of likely N-dealkylation sites (N-methyl/N-ethyl adjacent to an activating group) is 1. The summed E-state index contributed by atoms with van der Waals surface area (Å²) in [6.07, 6.45) is -1.09. The van der Waals surface area contributed by atoms with Crippen molar-refractivity contribution in [3.05, 3.63) is 65.9 Å². The molecular formula is C47H63N13O13. The third-order valence-electron chi connectivity index (χ3n) is 11.8. The second-order valence-corrected chi connectivity index (χ2v) is 17.6. The van der Waals surface area contributed by atoms with Gasteiger partial charge in [-0.25, -0.2) is 0 Å². The van der Waals surface area contributed by atoms with E-state index in [1.165, 1.54) is 24.3 Å². The van der Waals surface area contributed by atoms with Crippen molar-refractivity contribution < 1.29 is 62.6 Å². The lowest BCUT2D eigenvalue weighted by molar-refractivity contribution is -0.140. The number of nitrogens with two attached hydrogens (primary N) is 3. The molecule has 7 atom stereocenters. The van der Waals surface area contributed by atoms with Gasteiger partial charge in [-0.05, 0) is 41.7 Å². The molecule has 1 saturated heterocycles. The Morgan fingerprint density at radius 2 is 1.41 bits per heavy atom. The summed E-state index contributed by atoms with van der Waals surface area (Å²) in [5.41, 5.74) is 17.9. The molecule has 2 heterocycles. The number of phenols is 1. The Bertz CT molecular complexity index is 2550. The first-order chi connectivity index (χ1) is 34.5. The highest BCUT2D eigenvalue weighted by Crippen LogP contribution is 2.20. The van der Waals surface area contributed by atoms with E-state index < -0.39 is 165 Å². The lowest BCUT2D eigenvalue weighted by Gasteiger charge is -2.29. The molecule has 12 amide bonds. The normalized spacial score (nSPS) is 20.3. The number of primary amides is 3. The number of nitrogens with zero attached hydrogens (tertiary/aromatic N) is 1. The molecule has 3 aromatic rings. The fourth-order valence-corrected chi connectivity index (χ4v) is 7.63. The quantitative estimate of drug-likeness (QED) is 0.0575. The van der Waals surface area contributed by atoms with E-state index in [1.807, 2.05) is 0 Å². The number of nitrogens with one attached hydrogen (secondary N) is 9. The topological polar surface area (TPSA) is 418 Å². The van der Waals surface area contributed by atoms with Gasteiger partial charge in [0.05, 0.1) is 19.5 Å². The Morgan fingerprint density at radius 3 is 2.07 bits per heavy atom. The molecule has 73 heavy (non-hydrogen) atoms. The molecule has 26 heteroatoms. The van der Waals surface area contributed by atoms with E-state index in [0.717, 1.165) is 22.9 Å². The number of phenolic OH excluding ortho intramolecular Hbond substituents is 1. The monoisotopic (exact) mass is 1020 g/mol. The van der Waals surface area contributed by atoms with Gasteiger partial charge in [-0.2, -0.15) is 0 Å². The van der Waals surface area contributed by atoms with Crippen LogP contribution in [0.1, 0.15) is 63.5 Å². The van der Waals surface area contributed by atoms with Gasteiger partial charge in [-0.15, -0.1) is 0 Å². The number of fused-ring (bicyclic) bond motifs is 1. The fourth-order valence-electron chi connectivity index (χ4n) is 7.63. The molecule has 26 nitrogen and oxygen atoms in total. The summed E-state index contributed by atoms with van der Waals surface area (Å²) < 4.78 is 0. The standard InChI is InChI=1S/C47H63N13O13/c1-4-24(2)41-46(72)56-30(13-14-35(48)62)43(69)57-33(19-36(49)63)44(70)58-34(21-52-38(65)15-16-39(66)54-31(45(71)59-41)17-25-9-11-27(61)12-10-25)47(73)60(3)23-40(67)55-32(42(68)53-22-37(50)64)18-26-20-51-29-8-6-5-7-28(26)29/h5-12,20,24,30-34,41,51,61H,4,13-19,21-23H2,1-3H3,(H2,48,62)(H2,49,63)(H2,50,64)(H,52,65)(H,53,68)(H,54,66)(H,55,67)(H,56,72)(H,57,69)(H,58,70)(H,59,71)/t24?,30-,31-,32-,33-,34-,41?/m0/s1. The summed E-state index contributed by atoms with van der Waals surface area (Å²) in [6, 6.07) is 3.59. The van der Waals surface area contributed by atoms with Crippen molar-refractivity contribution in [2.75, 3.05) is 26.7 Å². The van der Waals surface area contributed by atoms with Crippen molar-refractivity contribution in [2.24, 2.45) is 23.1 Å². The lowest BCUT2D eigenvalue weighted by atomic mass is 9.96. The number of aromatic nitrogens is 1. The first kappa shape index (κ1) is 57.0. The van der Waals surface area contributed by atoms with Gasteiger partial charge < -0.3 is 74.7 Å². The molecule has 394 valence electrons. The Labute approximate surface area is 418 Å². The summed E-state index contributed by atoms with van der Waals surface area (Å²) in [4.78, 5) is 163. The highest BCUT2D eigenvalue weighted by Gasteiger charge is 2.36. The number of hydrogen-bond acceptors (Lipinski definition) is 13. The maximum atomic E-state index is 14.2. The molecule has 1 aliphatic heterocycles. The van der Waals surface area contributed by atoms with Crippen molar-refractivity contribution in [3.63, 3.8) is 0 Å². The summed E-state index contributed by atoms with van der Waals surface area (Å²) in [5, 5.41) is 30.3. The van der Waals surface area contributed by atoms with Crippen molar-refractivity contribution in [1.29, 1.82) is 0 Å². The molecule has 0 aliphatic carbocycles. The fraction of sp³-hybridized carbons (Fsp3) is 0.447. The Kier molecular flexibility index (Phi) is 21.2. The Morgan fingerprint density at radius 1 is 0.767 bits per heavy atom. The first-order valence-electron chi connectivity index (χ1n) is 23.3. The average Bonchev–Trinajstić information content (AvgIpc) is 3.75. The molecule has 4 rings (SSSR count). The third kappa shape index (κ3) is 18.0. The predicted octanol–water partition coefficient (Wildman–Crippen LogP) is -4.28. The number of aromatic amines is 1. The minimum Gasteiger partial charge on any atom is -0.508 e. The molecule has 16 N–H and O–H groups in total. The number of rotatable bonds is 18. The summed E-state index contributed by atoms with van der Waals surface area (Å²) in [5.74, 6) is -11.9. The Hall–Kier alpha value is -8.58. The molecule has 2 aromatic carbocycles. The van der Waals surface area contributed by atoms with E-state index in [-0.39, 0.29) is 18.6 Å². The molecular weight excluding hydrogens is 955 g/mol. The average molecular weight is 1020 g/mol. The van der Waals surface area contributed by atoms with E-state index in [0.29, 0.717) is 17.5 Å². The van der Waals surface area contributed by atoms with Crippen LogP contribution in [0.15, 0.2) is 54.7 Å². The largest absolute Gasteiger partial charge is 0.508 e. The third-order valence-corrected chi connectivity index (χ3v) is 11.8. The van der Waals surface area contributed by atoms with Gasteiger partial charge in [0.25, 0.3) is 0 Å². The molecule has 0 radical (unpaired) electrons. The number of carbonyl (C=O) groups is 12. The smallest absolute Gasteiger partial charge is 0.247 e. The van der Waals surface area contributed by atoms with Crippen molar-refractivity contribution in [1.82, 2.24) is 52.4 Å². The first-order valence-corrected chi connectivity index (χ1v) is 23.3. The van der Waals surface area contributed by atoms with Gasteiger partial charge >= 0.3 is 0 Å². The van der Waals surface area contributed by atoms with E-state index in [4.69, 9.17) is 17.2 Å². The van der Waals surface area contributed by atoms with Crippen molar-refractivity contribution >= 4 is 81.8 Å². The predicted molar refractivity (Wildman–Crippen MR) is 259 cm³/mol. The highest BCUT2D eigenvalue weighted by atomic mass is 16.3.